The molecule has 0 heterocycles. The van der Waals surface area contributed by atoms with Crippen LogP contribution in [0.2, 0.25) is 0 Å². The summed E-state index contributed by atoms with van der Waals surface area (Å²) in [5, 5.41) is 8.51. The zero-order valence-electron chi connectivity index (χ0n) is 7.37. The zero-order chi connectivity index (χ0) is 9.78. The van der Waals surface area contributed by atoms with Gasteiger partial charge < -0.3 is 9.59 Å². The van der Waals surface area contributed by atoms with Crippen molar-refractivity contribution in [1.82, 2.24) is 0 Å². The molecule has 0 aromatic heterocycles. The highest BCUT2D eigenvalue weighted by molar-refractivity contribution is 5.67. The van der Waals surface area contributed by atoms with Gasteiger partial charge in [-0.2, -0.15) is 0 Å². The van der Waals surface area contributed by atoms with Crippen molar-refractivity contribution in [3.05, 3.63) is 23.7 Å². The smallest absolute Gasteiger partial charge is 0.359 e. The molecule has 0 spiro atoms. The molecule has 1 N–H and O–H groups in total. The van der Waals surface area contributed by atoms with Gasteiger partial charge in [0.05, 0.1) is 20.7 Å². The summed E-state index contributed by atoms with van der Waals surface area (Å²) in [5.41, 5.74) is 0.390. The van der Waals surface area contributed by atoms with E-state index >= 15 is 0 Å². The van der Waals surface area contributed by atoms with Crippen molar-refractivity contribution < 1.29 is 14.4 Å². The number of aliphatic carboxylic acids is 1. The molecule has 0 unspecified atom stereocenters. The van der Waals surface area contributed by atoms with Crippen LogP contribution in [0.15, 0.2) is 12.3 Å². The van der Waals surface area contributed by atoms with Gasteiger partial charge in [0.15, 0.2) is 6.54 Å². The zero-order valence-corrected chi connectivity index (χ0v) is 7.37. The SMILES string of the molecule is [C-]#[N+]C(=C)C[N+](C)(C)CC(=O)O. The minimum atomic E-state index is -0.863. The van der Waals surface area contributed by atoms with E-state index in [0.717, 1.165) is 0 Å². The number of carboxylic acid groups (broad SMARTS) is 1. The standard InChI is InChI=1S/C8H12N2O2/c1-7(9-2)5-10(3,4)6-8(11)12/h1,5-6H2,3-4H3/p+1. The van der Waals surface area contributed by atoms with Gasteiger partial charge in [0, 0.05) is 0 Å². The van der Waals surface area contributed by atoms with Gasteiger partial charge in [-0.3, -0.25) is 0 Å². The summed E-state index contributed by atoms with van der Waals surface area (Å²) in [6.07, 6.45) is 0. The maximum atomic E-state index is 10.4. The Morgan fingerprint density at radius 1 is 1.58 bits per heavy atom. The van der Waals surface area contributed by atoms with Crippen molar-refractivity contribution in [3.8, 4) is 0 Å². The van der Waals surface area contributed by atoms with Gasteiger partial charge >= 0.3 is 5.97 Å². The van der Waals surface area contributed by atoms with Gasteiger partial charge in [-0.1, -0.05) is 6.58 Å². The van der Waals surface area contributed by atoms with Gasteiger partial charge in [0.1, 0.15) is 6.54 Å². The molecule has 0 atom stereocenters. The molecule has 66 valence electrons. The molecule has 4 nitrogen and oxygen atoms in total. The van der Waals surface area contributed by atoms with E-state index < -0.39 is 5.97 Å². The van der Waals surface area contributed by atoms with Crippen molar-refractivity contribution in [2.75, 3.05) is 27.2 Å². The lowest BCUT2D eigenvalue weighted by Gasteiger charge is -2.26. The van der Waals surface area contributed by atoms with Crippen LogP contribution in [-0.4, -0.2) is 42.7 Å². The van der Waals surface area contributed by atoms with Crippen LogP contribution in [0.1, 0.15) is 0 Å². The number of carbonyl (C=O) groups is 1. The van der Waals surface area contributed by atoms with E-state index in [1.807, 2.05) is 0 Å². The first-order valence-electron chi connectivity index (χ1n) is 3.46. The van der Waals surface area contributed by atoms with Crippen LogP contribution in [0, 0.1) is 6.57 Å². The second kappa shape index (κ2) is 3.88. The highest BCUT2D eigenvalue weighted by atomic mass is 16.4. The van der Waals surface area contributed by atoms with E-state index in [-0.39, 0.29) is 11.0 Å². The molecule has 0 fully saturated rings. The molecule has 0 amide bonds. The summed E-state index contributed by atoms with van der Waals surface area (Å²) >= 11 is 0. The topological polar surface area (TPSA) is 41.7 Å². The van der Waals surface area contributed by atoms with Gasteiger partial charge in [0.2, 0.25) is 5.70 Å². The van der Waals surface area contributed by atoms with Crippen LogP contribution in [0.3, 0.4) is 0 Å². The van der Waals surface area contributed by atoms with Crippen molar-refractivity contribution in [2.24, 2.45) is 0 Å². The summed E-state index contributed by atoms with van der Waals surface area (Å²) in [4.78, 5) is 13.5. The Morgan fingerprint density at radius 3 is 2.42 bits per heavy atom. The van der Waals surface area contributed by atoms with Gasteiger partial charge in [-0.05, 0) is 0 Å². The van der Waals surface area contributed by atoms with Crippen molar-refractivity contribution in [3.63, 3.8) is 0 Å². The predicted molar refractivity (Wildman–Crippen MR) is 45.2 cm³/mol. The monoisotopic (exact) mass is 169 g/mol. The quantitative estimate of drug-likeness (QED) is 0.494. The summed E-state index contributed by atoms with van der Waals surface area (Å²) in [7, 11) is 3.51. The summed E-state index contributed by atoms with van der Waals surface area (Å²) < 4.78 is 0.260. The molecular weight excluding hydrogens is 156 g/mol. The van der Waals surface area contributed by atoms with E-state index in [4.69, 9.17) is 11.7 Å². The van der Waals surface area contributed by atoms with Gasteiger partial charge in [-0.15, -0.1) is 0 Å². The largest absolute Gasteiger partial charge is 0.477 e. The average molecular weight is 169 g/mol. The minimum Gasteiger partial charge on any atom is -0.477 e. The Bertz CT molecular complexity index is 238. The first kappa shape index (κ1) is 10.7. The minimum absolute atomic E-state index is 0.00847. The Kier molecular flexibility index (Phi) is 3.45. The number of hydrogen-bond acceptors (Lipinski definition) is 1. The average Bonchev–Trinajstić information content (AvgIpc) is 1.83. The maximum Gasteiger partial charge on any atom is 0.359 e. The summed E-state index contributed by atoms with van der Waals surface area (Å²) in [5.74, 6) is -0.863. The van der Waals surface area contributed by atoms with Gasteiger partial charge in [0.25, 0.3) is 0 Å². The first-order chi connectivity index (χ1) is 5.37. The fourth-order valence-corrected chi connectivity index (χ4v) is 0.952. The van der Waals surface area contributed by atoms with Crippen LogP contribution in [0.25, 0.3) is 4.85 Å². The number of carboxylic acids is 1. The van der Waals surface area contributed by atoms with E-state index in [2.05, 4.69) is 11.4 Å². The number of nitrogens with zero attached hydrogens (tertiary/aromatic N) is 2. The normalized spacial score (nSPS) is 10.4. The first-order valence-corrected chi connectivity index (χ1v) is 3.46. The highest BCUT2D eigenvalue weighted by Gasteiger charge is 2.20. The molecule has 0 aliphatic carbocycles. The van der Waals surface area contributed by atoms with Crippen LogP contribution in [0.5, 0.6) is 0 Å². The number of quaternary nitrogens is 1. The maximum absolute atomic E-state index is 10.4. The molecule has 0 radical (unpaired) electrons. The van der Waals surface area contributed by atoms with Crippen LogP contribution < -0.4 is 0 Å². The third-order valence-corrected chi connectivity index (χ3v) is 1.33. The van der Waals surface area contributed by atoms with Crippen molar-refractivity contribution >= 4 is 5.97 Å². The van der Waals surface area contributed by atoms with E-state index in [9.17, 15) is 4.79 Å². The van der Waals surface area contributed by atoms with E-state index in [0.29, 0.717) is 12.2 Å². The second-order valence-corrected chi connectivity index (χ2v) is 3.32. The van der Waals surface area contributed by atoms with Crippen LogP contribution in [0.4, 0.5) is 0 Å². The fraction of sp³-hybridized carbons (Fsp3) is 0.500. The molecule has 12 heavy (non-hydrogen) atoms. The van der Waals surface area contributed by atoms with Crippen molar-refractivity contribution in [2.45, 2.75) is 0 Å². The molecule has 0 rings (SSSR count). The summed E-state index contributed by atoms with van der Waals surface area (Å²) in [6, 6.07) is 0. The van der Waals surface area contributed by atoms with E-state index in [1.54, 1.807) is 14.1 Å². The molecule has 0 bridgehead atoms. The highest BCUT2D eigenvalue weighted by Crippen LogP contribution is 2.03. The summed E-state index contributed by atoms with van der Waals surface area (Å²) in [6.45, 7) is 10.5. The molecular formula is C8H13N2O2+. The number of hydrogen-bond donors (Lipinski definition) is 1. The second-order valence-electron chi connectivity index (χ2n) is 3.32. The Hall–Kier alpha value is -1.34. The molecule has 0 aliphatic rings. The molecule has 0 aromatic rings. The lowest BCUT2D eigenvalue weighted by Crippen LogP contribution is -2.44. The lowest BCUT2D eigenvalue weighted by molar-refractivity contribution is -0.878. The third kappa shape index (κ3) is 4.47. The van der Waals surface area contributed by atoms with Crippen LogP contribution >= 0.6 is 0 Å². The molecule has 4 heteroatoms. The van der Waals surface area contributed by atoms with Crippen LogP contribution in [-0.2, 0) is 4.79 Å². The lowest BCUT2D eigenvalue weighted by atomic mass is 10.4. The molecule has 0 saturated heterocycles. The predicted octanol–water partition coefficient (Wildman–Crippen LogP) is 0.580. The fourth-order valence-electron chi connectivity index (χ4n) is 0.952. The Labute approximate surface area is 72.1 Å². The Morgan fingerprint density at radius 2 is 2.08 bits per heavy atom. The van der Waals surface area contributed by atoms with Gasteiger partial charge in [-0.25, -0.2) is 9.64 Å². The van der Waals surface area contributed by atoms with Crippen molar-refractivity contribution in [1.29, 1.82) is 0 Å². The molecule has 0 saturated carbocycles. The molecule has 0 aromatic carbocycles. The Balaban J connectivity index is 4.14. The molecule has 0 aliphatic heterocycles. The third-order valence-electron chi connectivity index (χ3n) is 1.33. The number of likely N-dealkylation sites (N-methyl/N-ethyl adjacent to an activating group) is 1. The number of rotatable bonds is 4. The van der Waals surface area contributed by atoms with E-state index in [1.165, 1.54) is 0 Å².